The molecule has 1 amide bonds. The van der Waals surface area contributed by atoms with Gasteiger partial charge in [0.05, 0.1) is 5.56 Å². The average molecular weight is 310 g/mol. The lowest BCUT2D eigenvalue weighted by Crippen LogP contribution is -2.57. The van der Waals surface area contributed by atoms with E-state index in [0.717, 1.165) is 18.7 Å². The van der Waals surface area contributed by atoms with Crippen LogP contribution in [0.3, 0.4) is 0 Å². The Hall–Kier alpha value is -1.82. The van der Waals surface area contributed by atoms with Crippen molar-refractivity contribution in [1.82, 2.24) is 10.2 Å². The molecular formula is C16H20F2N2O2. The van der Waals surface area contributed by atoms with E-state index in [1.807, 2.05) is 13.8 Å². The van der Waals surface area contributed by atoms with Crippen LogP contribution in [0, 0.1) is 11.6 Å². The minimum Gasteiger partial charge on any atom is -0.337 e. The van der Waals surface area contributed by atoms with Gasteiger partial charge in [-0.2, -0.15) is 0 Å². The number of piperazine rings is 1. The maximum atomic E-state index is 13.5. The zero-order valence-corrected chi connectivity index (χ0v) is 12.7. The molecule has 1 aromatic rings. The van der Waals surface area contributed by atoms with Crippen molar-refractivity contribution < 1.29 is 18.4 Å². The smallest absolute Gasteiger partial charge is 0.223 e. The first-order chi connectivity index (χ1) is 10.4. The molecule has 1 saturated heterocycles. The van der Waals surface area contributed by atoms with Crippen LogP contribution in [0.15, 0.2) is 18.2 Å². The van der Waals surface area contributed by atoms with E-state index in [9.17, 15) is 18.4 Å². The van der Waals surface area contributed by atoms with Crippen molar-refractivity contribution in [3.63, 3.8) is 0 Å². The summed E-state index contributed by atoms with van der Waals surface area (Å²) in [5, 5.41) is 3.27. The average Bonchev–Trinajstić information content (AvgIpc) is 2.47. The first-order valence-corrected chi connectivity index (χ1v) is 7.41. The molecule has 1 fully saturated rings. The quantitative estimate of drug-likeness (QED) is 0.867. The van der Waals surface area contributed by atoms with Crippen molar-refractivity contribution in [2.24, 2.45) is 0 Å². The maximum Gasteiger partial charge on any atom is 0.223 e. The number of nitrogens with one attached hydrogen (secondary N) is 1. The summed E-state index contributed by atoms with van der Waals surface area (Å²) in [6.45, 7) is 5.28. The van der Waals surface area contributed by atoms with Crippen LogP contribution in [-0.4, -0.2) is 41.8 Å². The number of halogens is 2. The summed E-state index contributed by atoms with van der Waals surface area (Å²) in [5.41, 5.74) is -0.170. The fourth-order valence-electron chi connectivity index (χ4n) is 2.62. The number of Topliss-reactive ketones (excluding diaryl/α,β-unsaturated/α-hetero) is 1. The highest BCUT2D eigenvalue weighted by Gasteiger charge is 2.28. The molecule has 1 aromatic carbocycles. The van der Waals surface area contributed by atoms with Crippen molar-refractivity contribution in [1.29, 1.82) is 0 Å². The van der Waals surface area contributed by atoms with Crippen LogP contribution in [0.25, 0.3) is 0 Å². The van der Waals surface area contributed by atoms with Gasteiger partial charge < -0.3 is 10.2 Å². The zero-order chi connectivity index (χ0) is 16.3. The molecule has 0 aliphatic carbocycles. The number of hydrogen-bond donors (Lipinski definition) is 1. The van der Waals surface area contributed by atoms with Crippen LogP contribution >= 0.6 is 0 Å². The lowest BCUT2D eigenvalue weighted by atomic mass is 10.0. The second-order valence-corrected chi connectivity index (χ2v) is 5.62. The van der Waals surface area contributed by atoms with E-state index in [-0.39, 0.29) is 36.4 Å². The molecule has 1 aliphatic heterocycles. The van der Waals surface area contributed by atoms with Crippen LogP contribution in [0.5, 0.6) is 0 Å². The van der Waals surface area contributed by atoms with Gasteiger partial charge >= 0.3 is 0 Å². The molecule has 2 unspecified atom stereocenters. The lowest BCUT2D eigenvalue weighted by molar-refractivity contribution is -0.134. The first kappa shape index (κ1) is 16.5. The van der Waals surface area contributed by atoms with Crippen LogP contribution in [0.4, 0.5) is 8.78 Å². The summed E-state index contributed by atoms with van der Waals surface area (Å²) in [4.78, 5) is 25.9. The predicted octanol–water partition coefficient (Wildman–Crippen LogP) is 2.14. The Morgan fingerprint density at radius 2 is 2.00 bits per heavy atom. The largest absolute Gasteiger partial charge is 0.337 e. The van der Waals surface area contributed by atoms with Gasteiger partial charge in [0, 0.05) is 44.1 Å². The van der Waals surface area contributed by atoms with Crippen LogP contribution in [-0.2, 0) is 4.79 Å². The minimum absolute atomic E-state index is 0.0344. The number of carbonyl (C=O) groups is 2. The van der Waals surface area contributed by atoms with Gasteiger partial charge in [0.15, 0.2) is 5.78 Å². The lowest BCUT2D eigenvalue weighted by Gasteiger charge is -2.38. The van der Waals surface area contributed by atoms with E-state index in [1.165, 1.54) is 0 Å². The fraction of sp³-hybridized carbons (Fsp3) is 0.500. The molecule has 120 valence electrons. The molecule has 6 heteroatoms. The molecule has 0 bridgehead atoms. The molecular weight excluding hydrogens is 290 g/mol. The molecule has 0 spiro atoms. The van der Waals surface area contributed by atoms with Gasteiger partial charge in [0.1, 0.15) is 11.6 Å². The van der Waals surface area contributed by atoms with Gasteiger partial charge in [-0.1, -0.05) is 0 Å². The highest BCUT2D eigenvalue weighted by Crippen LogP contribution is 2.15. The number of nitrogens with zero attached hydrogens (tertiary/aromatic N) is 1. The number of benzene rings is 1. The normalized spacial score (nSPS) is 21.7. The van der Waals surface area contributed by atoms with Gasteiger partial charge in [-0.3, -0.25) is 9.59 Å². The van der Waals surface area contributed by atoms with Crippen LogP contribution in [0.1, 0.15) is 37.0 Å². The molecule has 4 nitrogen and oxygen atoms in total. The Bertz CT molecular complexity index is 577. The van der Waals surface area contributed by atoms with Crippen molar-refractivity contribution in [2.45, 2.75) is 38.8 Å². The van der Waals surface area contributed by atoms with Crippen molar-refractivity contribution in [3.05, 3.63) is 35.4 Å². The van der Waals surface area contributed by atoms with E-state index < -0.39 is 17.4 Å². The molecule has 1 heterocycles. The van der Waals surface area contributed by atoms with Crippen molar-refractivity contribution >= 4 is 11.7 Å². The molecule has 0 saturated carbocycles. The molecule has 0 radical (unpaired) electrons. The topological polar surface area (TPSA) is 49.4 Å². The summed E-state index contributed by atoms with van der Waals surface area (Å²) >= 11 is 0. The van der Waals surface area contributed by atoms with E-state index in [4.69, 9.17) is 0 Å². The van der Waals surface area contributed by atoms with Crippen LogP contribution in [0.2, 0.25) is 0 Å². The van der Waals surface area contributed by atoms with Crippen LogP contribution < -0.4 is 5.32 Å². The molecule has 22 heavy (non-hydrogen) atoms. The second-order valence-electron chi connectivity index (χ2n) is 5.62. The number of hydrogen-bond acceptors (Lipinski definition) is 3. The predicted molar refractivity (Wildman–Crippen MR) is 78.6 cm³/mol. The fourth-order valence-corrected chi connectivity index (χ4v) is 2.62. The minimum atomic E-state index is -0.887. The number of rotatable bonds is 4. The third-order valence-corrected chi connectivity index (χ3v) is 4.15. The van der Waals surface area contributed by atoms with Crippen molar-refractivity contribution in [2.75, 3.05) is 13.1 Å². The second kappa shape index (κ2) is 6.96. The standard InChI is InChI=1S/C16H20F2N2O2/c1-10-11(2)20(8-7-19-10)16(22)6-5-15(21)13-4-3-12(17)9-14(13)18/h3-4,9-11,19H,5-8H2,1-2H3. The van der Waals surface area contributed by atoms with Gasteiger partial charge in [0.2, 0.25) is 5.91 Å². The third-order valence-electron chi connectivity index (χ3n) is 4.15. The van der Waals surface area contributed by atoms with E-state index >= 15 is 0 Å². The Kier molecular flexibility index (Phi) is 5.24. The number of amides is 1. The maximum absolute atomic E-state index is 13.5. The van der Waals surface area contributed by atoms with E-state index in [2.05, 4.69) is 5.32 Å². The summed E-state index contributed by atoms with van der Waals surface area (Å²) in [6.07, 6.45) is -0.0425. The molecule has 1 N–H and O–H groups in total. The molecule has 1 aliphatic rings. The Morgan fingerprint density at radius 3 is 2.68 bits per heavy atom. The molecule has 0 aromatic heterocycles. The van der Waals surface area contributed by atoms with Gasteiger partial charge in [0.25, 0.3) is 0 Å². The van der Waals surface area contributed by atoms with Crippen molar-refractivity contribution in [3.8, 4) is 0 Å². The Labute approximate surface area is 128 Å². The number of carbonyl (C=O) groups excluding carboxylic acids is 2. The zero-order valence-electron chi connectivity index (χ0n) is 12.7. The highest BCUT2D eigenvalue weighted by atomic mass is 19.1. The van der Waals surface area contributed by atoms with Gasteiger partial charge in [-0.05, 0) is 26.0 Å². The summed E-state index contributed by atoms with van der Waals surface area (Å²) in [6, 6.07) is 3.09. The van der Waals surface area contributed by atoms with E-state index in [0.29, 0.717) is 12.6 Å². The monoisotopic (exact) mass is 310 g/mol. The first-order valence-electron chi connectivity index (χ1n) is 7.41. The van der Waals surface area contributed by atoms with E-state index in [1.54, 1.807) is 4.90 Å². The van der Waals surface area contributed by atoms with Gasteiger partial charge in [-0.25, -0.2) is 8.78 Å². The summed E-state index contributed by atoms with van der Waals surface area (Å²) in [5.74, 6) is -2.21. The summed E-state index contributed by atoms with van der Waals surface area (Å²) < 4.78 is 26.4. The molecule has 2 atom stereocenters. The Balaban J connectivity index is 1.94. The SMILES string of the molecule is CC1NCCN(C(=O)CCC(=O)c2ccc(F)cc2F)C1C. The highest BCUT2D eigenvalue weighted by molar-refractivity contribution is 5.98. The summed E-state index contributed by atoms with van der Waals surface area (Å²) in [7, 11) is 0. The third kappa shape index (κ3) is 3.68. The Morgan fingerprint density at radius 1 is 1.27 bits per heavy atom. The van der Waals surface area contributed by atoms with Gasteiger partial charge in [-0.15, -0.1) is 0 Å². The molecule has 2 rings (SSSR count). The number of ketones is 1.